The Balaban J connectivity index is 2.03. The van der Waals surface area contributed by atoms with Crippen LogP contribution in [0.3, 0.4) is 0 Å². The van der Waals surface area contributed by atoms with E-state index < -0.39 is 0 Å². The van der Waals surface area contributed by atoms with Gasteiger partial charge in [-0.05, 0) is 36.4 Å². The summed E-state index contributed by atoms with van der Waals surface area (Å²) >= 11 is 9.30. The van der Waals surface area contributed by atoms with Gasteiger partial charge in [0.25, 0.3) is 5.91 Å². The smallest absolute Gasteiger partial charge is 0.258 e. The molecule has 21 heavy (non-hydrogen) atoms. The van der Waals surface area contributed by atoms with Crippen LogP contribution in [0.15, 0.2) is 46.9 Å². The number of amides is 1. The van der Waals surface area contributed by atoms with Crippen LogP contribution in [0.5, 0.6) is 0 Å². The molecule has 0 unspecified atom stereocenters. The fraction of sp³-hybridized carbons (Fsp3) is 0.125. The van der Waals surface area contributed by atoms with Crippen LogP contribution in [0, 0.1) is 0 Å². The van der Waals surface area contributed by atoms with Gasteiger partial charge in [-0.3, -0.25) is 9.59 Å². The zero-order valence-corrected chi connectivity index (χ0v) is 13.3. The lowest BCUT2D eigenvalue weighted by Crippen LogP contribution is -2.37. The number of carbonyl (C=O) groups is 2. The number of carbonyl (C=O) groups excluding carboxylic acids is 2. The highest BCUT2D eigenvalue weighted by Crippen LogP contribution is 2.31. The molecule has 1 amide bonds. The summed E-state index contributed by atoms with van der Waals surface area (Å²) in [6.45, 7) is 0.388. The Hall–Kier alpha value is -1.65. The fourth-order valence-electron chi connectivity index (χ4n) is 2.42. The molecule has 0 aliphatic carbocycles. The lowest BCUT2D eigenvalue weighted by atomic mass is 9.99. The molecule has 3 nitrogen and oxygen atoms in total. The lowest BCUT2D eigenvalue weighted by Gasteiger charge is -2.29. The van der Waals surface area contributed by atoms with Crippen molar-refractivity contribution in [2.75, 3.05) is 11.4 Å². The minimum atomic E-state index is -0.145. The predicted molar refractivity (Wildman–Crippen MR) is 86.2 cm³/mol. The largest absolute Gasteiger partial charge is 0.307 e. The molecule has 0 radical (unpaired) electrons. The van der Waals surface area contributed by atoms with Crippen LogP contribution in [0.25, 0.3) is 0 Å². The maximum atomic E-state index is 12.7. The number of fused-ring (bicyclic) bond motifs is 1. The van der Waals surface area contributed by atoms with Gasteiger partial charge in [0.2, 0.25) is 0 Å². The quantitative estimate of drug-likeness (QED) is 0.755. The molecule has 0 fully saturated rings. The molecule has 0 saturated heterocycles. The second-order valence-corrected chi connectivity index (χ2v) is 6.15. The summed E-state index contributed by atoms with van der Waals surface area (Å²) in [5, 5.41) is 0.518. The monoisotopic (exact) mass is 363 g/mol. The highest BCUT2D eigenvalue weighted by atomic mass is 79.9. The van der Waals surface area contributed by atoms with E-state index in [1.54, 1.807) is 41.3 Å². The molecular weight excluding hydrogens is 354 g/mol. The van der Waals surface area contributed by atoms with Crippen molar-refractivity contribution in [2.45, 2.75) is 6.42 Å². The van der Waals surface area contributed by atoms with E-state index in [2.05, 4.69) is 15.9 Å². The van der Waals surface area contributed by atoms with Gasteiger partial charge in [-0.25, -0.2) is 0 Å². The molecule has 1 aliphatic heterocycles. The van der Waals surface area contributed by atoms with Gasteiger partial charge < -0.3 is 4.90 Å². The number of hydrogen-bond donors (Lipinski definition) is 0. The Labute approximate surface area is 135 Å². The number of ketones is 1. The molecule has 5 heteroatoms. The molecule has 0 atom stereocenters. The van der Waals surface area contributed by atoms with Crippen LogP contribution < -0.4 is 4.90 Å². The number of anilines is 1. The van der Waals surface area contributed by atoms with Crippen molar-refractivity contribution >= 4 is 44.9 Å². The van der Waals surface area contributed by atoms with Crippen molar-refractivity contribution < 1.29 is 9.59 Å². The van der Waals surface area contributed by atoms with E-state index >= 15 is 0 Å². The van der Waals surface area contributed by atoms with Gasteiger partial charge in [0.1, 0.15) is 0 Å². The van der Waals surface area contributed by atoms with Gasteiger partial charge in [-0.1, -0.05) is 33.6 Å². The molecule has 0 spiro atoms. The lowest BCUT2D eigenvalue weighted by molar-refractivity contribution is 0.0955. The summed E-state index contributed by atoms with van der Waals surface area (Å²) in [5.41, 5.74) is 1.75. The third-order valence-electron chi connectivity index (χ3n) is 3.43. The molecule has 2 aromatic carbocycles. The molecule has 2 aromatic rings. The topological polar surface area (TPSA) is 37.4 Å². The normalized spacial score (nSPS) is 14.0. The Bertz CT molecular complexity index is 745. The van der Waals surface area contributed by atoms with Gasteiger partial charge in [-0.15, -0.1) is 0 Å². The maximum Gasteiger partial charge on any atom is 0.258 e. The molecule has 0 N–H and O–H groups in total. The summed E-state index contributed by atoms with van der Waals surface area (Å²) in [7, 11) is 0. The summed E-state index contributed by atoms with van der Waals surface area (Å²) in [4.78, 5) is 26.3. The van der Waals surface area contributed by atoms with Gasteiger partial charge in [0, 0.05) is 33.6 Å². The van der Waals surface area contributed by atoms with Crippen molar-refractivity contribution in [3.63, 3.8) is 0 Å². The first-order valence-corrected chi connectivity index (χ1v) is 7.63. The van der Waals surface area contributed by atoms with Crippen molar-refractivity contribution in [1.29, 1.82) is 0 Å². The van der Waals surface area contributed by atoms with Gasteiger partial charge in [0.05, 0.1) is 5.69 Å². The summed E-state index contributed by atoms with van der Waals surface area (Å²) < 4.78 is 0.826. The van der Waals surface area contributed by atoms with E-state index in [9.17, 15) is 9.59 Å². The van der Waals surface area contributed by atoms with Crippen molar-refractivity contribution in [2.24, 2.45) is 0 Å². The molecule has 0 aromatic heterocycles. The van der Waals surface area contributed by atoms with Gasteiger partial charge in [0.15, 0.2) is 5.78 Å². The SMILES string of the molecule is O=C1CCN(C(=O)c2cccc(Cl)c2)c2ccc(Br)cc21. The average Bonchev–Trinajstić information content (AvgIpc) is 2.47. The van der Waals surface area contributed by atoms with Crippen molar-refractivity contribution in [3.8, 4) is 0 Å². The Morgan fingerprint density at radius 2 is 2.00 bits per heavy atom. The average molecular weight is 365 g/mol. The highest BCUT2D eigenvalue weighted by Gasteiger charge is 2.28. The Morgan fingerprint density at radius 1 is 1.19 bits per heavy atom. The van der Waals surface area contributed by atoms with E-state index in [4.69, 9.17) is 11.6 Å². The van der Waals surface area contributed by atoms with Crippen LogP contribution in [-0.2, 0) is 0 Å². The molecule has 3 rings (SSSR count). The van der Waals surface area contributed by atoms with E-state index in [1.165, 1.54) is 0 Å². The Morgan fingerprint density at radius 3 is 2.76 bits per heavy atom. The first-order valence-electron chi connectivity index (χ1n) is 6.46. The van der Waals surface area contributed by atoms with Crippen LogP contribution in [0.1, 0.15) is 27.1 Å². The predicted octanol–water partition coefficient (Wildman–Crippen LogP) is 4.34. The molecule has 1 heterocycles. The third kappa shape index (κ3) is 2.74. The first kappa shape index (κ1) is 14.3. The number of rotatable bonds is 1. The van der Waals surface area contributed by atoms with E-state index in [1.807, 2.05) is 6.07 Å². The van der Waals surface area contributed by atoms with E-state index in [-0.39, 0.29) is 11.7 Å². The van der Waals surface area contributed by atoms with Crippen LogP contribution in [-0.4, -0.2) is 18.2 Å². The van der Waals surface area contributed by atoms with E-state index in [0.717, 1.165) is 4.47 Å². The number of Topliss-reactive ketones (excluding diaryl/α,β-unsaturated/α-hetero) is 1. The molecule has 0 saturated carbocycles. The zero-order chi connectivity index (χ0) is 15.0. The summed E-state index contributed by atoms with van der Waals surface area (Å²) in [6, 6.07) is 12.2. The van der Waals surface area contributed by atoms with Gasteiger partial charge in [-0.2, -0.15) is 0 Å². The number of halogens is 2. The van der Waals surface area contributed by atoms with Crippen molar-refractivity contribution in [3.05, 3.63) is 63.1 Å². The number of hydrogen-bond acceptors (Lipinski definition) is 2. The molecular formula is C16H11BrClNO2. The standard InChI is InChI=1S/C16H11BrClNO2/c17-11-4-5-14-13(9-11)15(20)6-7-19(14)16(21)10-2-1-3-12(18)8-10/h1-5,8-9H,6-7H2. The minimum absolute atomic E-state index is 0.0569. The Kier molecular flexibility index (Phi) is 3.83. The summed E-state index contributed by atoms with van der Waals surface area (Å²) in [6.07, 6.45) is 0.329. The van der Waals surface area contributed by atoms with Gasteiger partial charge >= 0.3 is 0 Å². The zero-order valence-electron chi connectivity index (χ0n) is 11.0. The highest BCUT2D eigenvalue weighted by molar-refractivity contribution is 9.10. The van der Waals surface area contributed by atoms with Crippen LogP contribution >= 0.6 is 27.5 Å². The molecule has 0 bridgehead atoms. The van der Waals surface area contributed by atoms with Crippen molar-refractivity contribution in [1.82, 2.24) is 0 Å². The van der Waals surface area contributed by atoms with Crippen LogP contribution in [0.4, 0.5) is 5.69 Å². The third-order valence-corrected chi connectivity index (χ3v) is 4.16. The first-order chi connectivity index (χ1) is 10.1. The maximum absolute atomic E-state index is 12.7. The van der Waals surface area contributed by atoms with Crippen LogP contribution in [0.2, 0.25) is 5.02 Å². The molecule has 106 valence electrons. The minimum Gasteiger partial charge on any atom is -0.307 e. The second-order valence-electron chi connectivity index (χ2n) is 4.80. The van der Waals surface area contributed by atoms with E-state index in [0.29, 0.717) is 34.8 Å². The molecule has 1 aliphatic rings. The second kappa shape index (κ2) is 5.62. The summed E-state index contributed by atoms with van der Waals surface area (Å²) in [5.74, 6) is -0.0879. The fourth-order valence-corrected chi connectivity index (χ4v) is 2.98. The number of benzene rings is 2. The number of nitrogens with zero attached hydrogens (tertiary/aromatic N) is 1.